The van der Waals surface area contributed by atoms with E-state index >= 15 is 0 Å². The minimum atomic E-state index is -3.21. The molecule has 0 aromatic carbocycles. The van der Waals surface area contributed by atoms with Crippen molar-refractivity contribution in [2.45, 2.75) is 34.6 Å². The molecule has 0 rings (SSSR count). The van der Waals surface area contributed by atoms with Crippen molar-refractivity contribution in [1.82, 2.24) is 0 Å². The van der Waals surface area contributed by atoms with Crippen LogP contribution in [0.4, 0.5) is 0 Å². The van der Waals surface area contributed by atoms with Crippen LogP contribution >= 0.6 is 25.8 Å². The first-order valence-electron chi connectivity index (χ1n) is 6.47. The van der Waals surface area contributed by atoms with Crippen LogP contribution in [0.1, 0.15) is 34.6 Å². The highest BCUT2D eigenvalue weighted by Crippen LogP contribution is 2.70. The summed E-state index contributed by atoms with van der Waals surface area (Å²) in [6.45, 7) is 7.37. The van der Waals surface area contributed by atoms with Gasteiger partial charge in [-0.3, -0.25) is 4.57 Å². The first-order valence-corrected chi connectivity index (χ1v) is 11.1. The molecule has 1 atom stereocenters. The van der Waals surface area contributed by atoms with E-state index in [0.717, 1.165) is 11.4 Å². The van der Waals surface area contributed by atoms with Crippen LogP contribution in [0.15, 0.2) is 4.52 Å². The zero-order valence-corrected chi connectivity index (χ0v) is 14.9. The lowest BCUT2D eigenvalue weighted by molar-refractivity contribution is 0.163. The van der Waals surface area contributed by atoms with Gasteiger partial charge in [-0.25, -0.2) is 0 Å². The summed E-state index contributed by atoms with van der Waals surface area (Å²) in [5.74, 6) is 0.630. The fraction of sp³-hybridized carbons (Fsp3) is 1.00. The summed E-state index contributed by atoms with van der Waals surface area (Å²) in [5.41, 5.74) is 0. The maximum absolute atomic E-state index is 12.6. The summed E-state index contributed by atoms with van der Waals surface area (Å²) in [6.07, 6.45) is 0. The molecule has 0 aliphatic carbocycles. The standard InChI is InChI=1S/C10H25NO5P2S/c1-6-13-17(12,19-10-5)11-18(14-7-2,15-8-3)16-9-4/h6-10H2,1-5H3. The molecule has 19 heavy (non-hydrogen) atoms. The average molecular weight is 333 g/mol. The second-order valence-corrected chi connectivity index (χ2v) is 9.73. The zero-order chi connectivity index (χ0) is 14.8. The van der Waals surface area contributed by atoms with Crippen molar-refractivity contribution >= 4 is 25.8 Å². The van der Waals surface area contributed by atoms with E-state index in [1.54, 1.807) is 6.92 Å². The van der Waals surface area contributed by atoms with Gasteiger partial charge in [-0.15, -0.1) is 4.52 Å². The Kier molecular flexibility index (Phi) is 10.7. The maximum atomic E-state index is 12.6. The van der Waals surface area contributed by atoms with Gasteiger partial charge in [0.2, 0.25) is 0 Å². The Hall–Kier alpha value is 0.650. The quantitative estimate of drug-likeness (QED) is 0.499. The third-order valence-electron chi connectivity index (χ3n) is 1.68. The minimum absolute atomic E-state index is 0.318. The van der Waals surface area contributed by atoms with Crippen LogP contribution in [0.3, 0.4) is 0 Å². The van der Waals surface area contributed by atoms with Crippen molar-refractivity contribution in [2.24, 2.45) is 4.52 Å². The first kappa shape index (κ1) is 19.7. The van der Waals surface area contributed by atoms with Crippen LogP contribution in [0.2, 0.25) is 0 Å². The van der Waals surface area contributed by atoms with Crippen molar-refractivity contribution < 1.29 is 22.7 Å². The molecule has 116 valence electrons. The van der Waals surface area contributed by atoms with Crippen LogP contribution < -0.4 is 0 Å². The smallest absolute Gasteiger partial charge is 0.305 e. The molecule has 0 aromatic heterocycles. The number of hydrogen-bond acceptors (Lipinski definition) is 6. The zero-order valence-electron chi connectivity index (χ0n) is 12.3. The van der Waals surface area contributed by atoms with Crippen molar-refractivity contribution in [3.63, 3.8) is 0 Å². The predicted molar refractivity (Wildman–Crippen MR) is 81.6 cm³/mol. The van der Waals surface area contributed by atoms with E-state index in [4.69, 9.17) is 18.1 Å². The highest BCUT2D eigenvalue weighted by molar-refractivity contribution is 8.56. The normalized spacial score (nSPS) is 15.2. The predicted octanol–water partition coefficient (Wildman–Crippen LogP) is 4.94. The first-order chi connectivity index (χ1) is 9.01. The second kappa shape index (κ2) is 10.4. The van der Waals surface area contributed by atoms with E-state index in [9.17, 15) is 4.57 Å². The fourth-order valence-corrected chi connectivity index (χ4v) is 8.05. The lowest BCUT2D eigenvalue weighted by Gasteiger charge is -2.24. The van der Waals surface area contributed by atoms with Crippen LogP contribution in [0.5, 0.6) is 0 Å². The number of rotatable bonds is 11. The van der Waals surface area contributed by atoms with Gasteiger partial charge in [0.05, 0.1) is 26.4 Å². The third-order valence-corrected chi connectivity index (χ3v) is 9.08. The molecule has 0 heterocycles. The van der Waals surface area contributed by atoms with Gasteiger partial charge in [-0.2, -0.15) is 0 Å². The van der Waals surface area contributed by atoms with Gasteiger partial charge in [-0.05, 0) is 39.1 Å². The van der Waals surface area contributed by atoms with Crippen molar-refractivity contribution in [3.05, 3.63) is 0 Å². The summed E-state index contributed by atoms with van der Waals surface area (Å²) in [7, 11) is -2.96. The molecule has 0 bridgehead atoms. The lowest BCUT2D eigenvalue weighted by Crippen LogP contribution is -2.01. The number of hydrogen-bond donors (Lipinski definition) is 0. The van der Waals surface area contributed by atoms with E-state index in [-0.39, 0.29) is 0 Å². The minimum Gasteiger partial charge on any atom is -0.305 e. The Balaban J connectivity index is 5.47. The van der Waals surface area contributed by atoms with Crippen molar-refractivity contribution in [3.8, 4) is 0 Å². The molecule has 0 fully saturated rings. The Morgan fingerprint density at radius 3 is 1.58 bits per heavy atom. The van der Waals surface area contributed by atoms with E-state index < -0.39 is 14.5 Å². The monoisotopic (exact) mass is 333 g/mol. The molecule has 6 nitrogen and oxygen atoms in total. The lowest BCUT2D eigenvalue weighted by atomic mass is 10.9. The van der Waals surface area contributed by atoms with E-state index in [0.29, 0.717) is 32.2 Å². The van der Waals surface area contributed by atoms with E-state index in [1.165, 1.54) is 0 Å². The molecule has 9 heteroatoms. The third kappa shape index (κ3) is 7.28. The van der Waals surface area contributed by atoms with Crippen molar-refractivity contribution in [2.75, 3.05) is 32.2 Å². The van der Waals surface area contributed by atoms with Crippen LogP contribution in [0, 0.1) is 0 Å². The molecule has 0 amide bonds. The van der Waals surface area contributed by atoms with Crippen LogP contribution in [-0.4, -0.2) is 32.2 Å². The summed E-state index contributed by atoms with van der Waals surface area (Å²) in [6, 6.07) is 0. The molecular weight excluding hydrogens is 308 g/mol. The summed E-state index contributed by atoms with van der Waals surface area (Å²) in [5, 5.41) is 0. The molecule has 0 aliphatic rings. The van der Waals surface area contributed by atoms with Gasteiger partial charge < -0.3 is 18.1 Å². The summed E-state index contributed by atoms with van der Waals surface area (Å²) in [4.78, 5) is 0. The number of nitrogens with zero attached hydrogens (tertiary/aromatic N) is 1. The van der Waals surface area contributed by atoms with Crippen LogP contribution in [0.25, 0.3) is 0 Å². The largest absolute Gasteiger partial charge is 0.376 e. The molecule has 0 aliphatic heterocycles. The molecule has 0 saturated carbocycles. The van der Waals surface area contributed by atoms with Crippen molar-refractivity contribution in [1.29, 1.82) is 0 Å². The highest BCUT2D eigenvalue weighted by Gasteiger charge is 2.32. The molecule has 0 radical (unpaired) electrons. The molecule has 0 N–H and O–H groups in total. The van der Waals surface area contributed by atoms with Gasteiger partial charge in [0.15, 0.2) is 0 Å². The summed E-state index contributed by atoms with van der Waals surface area (Å²) >= 11 is 1.16. The molecule has 1 unspecified atom stereocenters. The van der Waals surface area contributed by atoms with Gasteiger partial charge in [0, 0.05) is 5.75 Å². The van der Waals surface area contributed by atoms with E-state index in [1.807, 2.05) is 27.7 Å². The highest BCUT2D eigenvalue weighted by atomic mass is 32.7. The maximum Gasteiger partial charge on any atom is 0.376 e. The average Bonchev–Trinajstić information content (AvgIpc) is 2.30. The molecule has 0 saturated heterocycles. The Morgan fingerprint density at radius 2 is 1.26 bits per heavy atom. The van der Waals surface area contributed by atoms with E-state index in [2.05, 4.69) is 4.52 Å². The van der Waals surface area contributed by atoms with Gasteiger partial charge in [-0.1, -0.05) is 6.92 Å². The molecule has 0 aromatic rings. The second-order valence-electron chi connectivity index (χ2n) is 3.12. The molecular formula is C10H25NO5P2S. The SMILES string of the molecule is CCOP(=O)(N=P(OCC)(OCC)OCC)SCC. The molecule has 0 spiro atoms. The Labute approximate surface area is 120 Å². The topological polar surface area (TPSA) is 66.4 Å². The Bertz CT molecular complexity index is 306. The van der Waals surface area contributed by atoms with Gasteiger partial charge >= 0.3 is 14.5 Å². The summed E-state index contributed by atoms with van der Waals surface area (Å²) < 4.78 is 38.7. The van der Waals surface area contributed by atoms with Gasteiger partial charge in [0.1, 0.15) is 0 Å². The van der Waals surface area contributed by atoms with Gasteiger partial charge in [0.25, 0.3) is 0 Å². The fourth-order valence-electron chi connectivity index (χ4n) is 1.23. The van der Waals surface area contributed by atoms with Crippen LogP contribution in [-0.2, 0) is 22.7 Å². The Morgan fingerprint density at radius 1 is 0.842 bits per heavy atom.